The Labute approximate surface area is 86.2 Å². The zero-order valence-corrected chi connectivity index (χ0v) is 8.65. The van der Waals surface area contributed by atoms with Crippen LogP contribution in [0.1, 0.15) is 12.8 Å². The minimum Gasteiger partial charge on any atom is -0.326 e. The number of terminal acetylenes is 1. The molecule has 2 atom stereocenters. The van der Waals surface area contributed by atoms with Crippen LogP contribution in [0.25, 0.3) is 0 Å². The highest BCUT2D eigenvalue weighted by Crippen LogP contribution is 2.19. The predicted octanol–water partition coefficient (Wildman–Crippen LogP) is -0.273. The monoisotopic (exact) mass is 193 g/mol. The highest BCUT2D eigenvalue weighted by Gasteiger charge is 2.34. The molecule has 3 saturated heterocycles. The Morgan fingerprint density at radius 1 is 1.36 bits per heavy atom. The average Bonchev–Trinajstić information content (AvgIpc) is 2.27. The van der Waals surface area contributed by atoms with E-state index in [1.165, 1.54) is 26.2 Å². The number of hydrogen-bond acceptors (Lipinski definition) is 3. The molecule has 3 aliphatic rings. The third-order valence-corrected chi connectivity index (χ3v) is 3.44. The highest BCUT2D eigenvalue weighted by atomic mass is 15.3. The summed E-state index contributed by atoms with van der Waals surface area (Å²) in [6.45, 7) is 5.96. The number of piperazine rings is 3. The average molecular weight is 193 g/mol. The first-order valence-corrected chi connectivity index (χ1v) is 5.46. The number of nitrogens with two attached hydrogens (primary N) is 1. The summed E-state index contributed by atoms with van der Waals surface area (Å²) in [6, 6.07) is 0.806. The van der Waals surface area contributed by atoms with Crippen molar-refractivity contribution in [3.8, 4) is 12.3 Å². The van der Waals surface area contributed by atoms with Gasteiger partial charge >= 0.3 is 0 Å². The van der Waals surface area contributed by atoms with Gasteiger partial charge in [-0.3, -0.25) is 9.80 Å². The second-order valence-corrected chi connectivity index (χ2v) is 4.31. The van der Waals surface area contributed by atoms with Crippen LogP contribution in [0.3, 0.4) is 0 Å². The van der Waals surface area contributed by atoms with Gasteiger partial charge in [0.1, 0.15) is 0 Å². The van der Waals surface area contributed by atoms with Crippen molar-refractivity contribution in [3.05, 3.63) is 0 Å². The molecule has 0 aliphatic carbocycles. The van der Waals surface area contributed by atoms with Crippen molar-refractivity contribution in [2.45, 2.75) is 24.9 Å². The van der Waals surface area contributed by atoms with Gasteiger partial charge in [0.25, 0.3) is 0 Å². The van der Waals surface area contributed by atoms with E-state index in [1.807, 2.05) is 0 Å². The Balaban J connectivity index is 1.88. The van der Waals surface area contributed by atoms with Gasteiger partial charge in [-0.15, -0.1) is 12.3 Å². The van der Waals surface area contributed by atoms with Crippen LogP contribution in [0.4, 0.5) is 0 Å². The van der Waals surface area contributed by atoms with Crippen LogP contribution in [0, 0.1) is 12.3 Å². The fourth-order valence-corrected chi connectivity index (χ4v) is 2.51. The number of hydrogen-bond donors (Lipinski definition) is 1. The molecule has 2 bridgehead atoms. The molecule has 0 aromatic rings. The smallest absolute Gasteiger partial charge is 0.0375 e. The lowest BCUT2D eigenvalue weighted by Crippen LogP contribution is -2.65. The third-order valence-electron chi connectivity index (χ3n) is 3.44. The number of rotatable bonds is 3. The maximum absolute atomic E-state index is 6.16. The lowest BCUT2D eigenvalue weighted by molar-refractivity contribution is 0.00163. The molecule has 2 N–H and O–H groups in total. The molecule has 3 aliphatic heterocycles. The number of fused-ring (bicyclic) bond motifs is 3. The van der Waals surface area contributed by atoms with E-state index in [0.717, 1.165) is 19.4 Å². The van der Waals surface area contributed by atoms with Crippen molar-refractivity contribution >= 4 is 0 Å². The maximum Gasteiger partial charge on any atom is 0.0375 e. The lowest BCUT2D eigenvalue weighted by atomic mass is 9.97. The van der Waals surface area contributed by atoms with Crippen molar-refractivity contribution in [2.24, 2.45) is 5.73 Å². The summed E-state index contributed by atoms with van der Waals surface area (Å²) in [5.74, 6) is 2.67. The SMILES string of the molecule is C#CCCC(N)C1CN2CCN1CC2. The predicted molar refractivity (Wildman–Crippen MR) is 57.8 cm³/mol. The van der Waals surface area contributed by atoms with Crippen LogP contribution < -0.4 is 5.73 Å². The molecule has 78 valence electrons. The minimum absolute atomic E-state index is 0.258. The Kier molecular flexibility index (Phi) is 3.07. The van der Waals surface area contributed by atoms with E-state index in [9.17, 15) is 0 Å². The molecule has 0 aromatic carbocycles. The summed E-state index contributed by atoms with van der Waals surface area (Å²) < 4.78 is 0. The molecule has 0 aromatic heterocycles. The first-order valence-electron chi connectivity index (χ1n) is 5.46. The fraction of sp³-hybridized carbons (Fsp3) is 0.818. The van der Waals surface area contributed by atoms with Gasteiger partial charge in [-0.2, -0.15) is 0 Å². The van der Waals surface area contributed by atoms with Crippen molar-refractivity contribution in [2.75, 3.05) is 32.7 Å². The summed E-state index contributed by atoms with van der Waals surface area (Å²) in [7, 11) is 0. The summed E-state index contributed by atoms with van der Waals surface area (Å²) in [6.07, 6.45) is 7.03. The van der Waals surface area contributed by atoms with Crippen LogP contribution in [0.2, 0.25) is 0 Å². The van der Waals surface area contributed by atoms with E-state index >= 15 is 0 Å². The van der Waals surface area contributed by atoms with Crippen molar-refractivity contribution < 1.29 is 0 Å². The van der Waals surface area contributed by atoms with Crippen LogP contribution in [0.5, 0.6) is 0 Å². The van der Waals surface area contributed by atoms with E-state index < -0.39 is 0 Å². The van der Waals surface area contributed by atoms with Gasteiger partial charge in [0.2, 0.25) is 0 Å². The maximum atomic E-state index is 6.16. The Morgan fingerprint density at radius 3 is 2.57 bits per heavy atom. The lowest BCUT2D eigenvalue weighted by Gasteiger charge is -2.49. The molecule has 0 radical (unpaired) electrons. The van der Waals surface area contributed by atoms with Crippen molar-refractivity contribution in [3.63, 3.8) is 0 Å². The normalized spacial score (nSPS) is 37.9. The van der Waals surface area contributed by atoms with E-state index in [2.05, 4.69) is 15.7 Å². The standard InChI is InChI=1S/C11H19N3/c1-2-3-4-10(12)11-9-13-5-7-14(11)8-6-13/h1,10-11H,3-9,12H2. The molecule has 0 saturated carbocycles. The van der Waals surface area contributed by atoms with E-state index in [1.54, 1.807) is 0 Å². The molecule has 0 spiro atoms. The number of nitrogens with zero attached hydrogens (tertiary/aromatic N) is 2. The summed E-state index contributed by atoms with van der Waals surface area (Å²) >= 11 is 0. The van der Waals surface area contributed by atoms with E-state index in [4.69, 9.17) is 12.2 Å². The molecule has 3 nitrogen and oxygen atoms in total. The third kappa shape index (κ3) is 1.93. The highest BCUT2D eigenvalue weighted by molar-refractivity contribution is 4.95. The molecular formula is C11H19N3. The summed E-state index contributed by atoms with van der Waals surface area (Å²) in [5, 5.41) is 0. The van der Waals surface area contributed by atoms with Gasteiger partial charge in [0.15, 0.2) is 0 Å². The quantitative estimate of drug-likeness (QED) is 0.626. The second kappa shape index (κ2) is 4.31. The molecule has 3 heteroatoms. The summed E-state index contributed by atoms with van der Waals surface area (Å²) in [5.41, 5.74) is 6.16. The Morgan fingerprint density at radius 2 is 2.07 bits per heavy atom. The van der Waals surface area contributed by atoms with Gasteiger partial charge in [-0.25, -0.2) is 0 Å². The zero-order chi connectivity index (χ0) is 9.97. The van der Waals surface area contributed by atoms with Gasteiger partial charge in [-0.1, -0.05) is 0 Å². The molecule has 2 unspecified atom stereocenters. The Hall–Kier alpha value is -0.560. The summed E-state index contributed by atoms with van der Waals surface area (Å²) in [4.78, 5) is 5.04. The molecule has 0 amide bonds. The molecule has 3 heterocycles. The first-order chi connectivity index (χ1) is 6.81. The molecule has 3 rings (SSSR count). The van der Waals surface area contributed by atoms with Crippen LogP contribution in [0.15, 0.2) is 0 Å². The van der Waals surface area contributed by atoms with Gasteiger partial charge in [0.05, 0.1) is 0 Å². The van der Waals surface area contributed by atoms with Crippen molar-refractivity contribution in [1.29, 1.82) is 0 Å². The second-order valence-electron chi connectivity index (χ2n) is 4.31. The van der Waals surface area contributed by atoms with Crippen LogP contribution in [-0.4, -0.2) is 54.6 Å². The van der Waals surface area contributed by atoms with Crippen molar-refractivity contribution in [1.82, 2.24) is 9.80 Å². The largest absolute Gasteiger partial charge is 0.326 e. The molecule has 14 heavy (non-hydrogen) atoms. The van der Waals surface area contributed by atoms with Crippen LogP contribution in [-0.2, 0) is 0 Å². The van der Waals surface area contributed by atoms with Gasteiger partial charge in [0, 0.05) is 51.2 Å². The van der Waals surface area contributed by atoms with Crippen LogP contribution >= 0.6 is 0 Å². The van der Waals surface area contributed by atoms with E-state index in [0.29, 0.717) is 6.04 Å². The van der Waals surface area contributed by atoms with Gasteiger partial charge < -0.3 is 5.73 Å². The fourth-order valence-electron chi connectivity index (χ4n) is 2.51. The minimum atomic E-state index is 0.258. The topological polar surface area (TPSA) is 32.5 Å². The zero-order valence-electron chi connectivity index (χ0n) is 8.65. The molecule has 3 fully saturated rings. The first kappa shape index (κ1) is 9.97. The van der Waals surface area contributed by atoms with E-state index in [-0.39, 0.29) is 6.04 Å². The molecular weight excluding hydrogens is 174 g/mol. The Bertz CT molecular complexity index is 225. The van der Waals surface area contributed by atoms with Gasteiger partial charge in [-0.05, 0) is 6.42 Å².